The van der Waals surface area contributed by atoms with Crippen molar-refractivity contribution in [2.24, 2.45) is 0 Å². The molecule has 0 radical (unpaired) electrons. The minimum absolute atomic E-state index is 0.234. The van der Waals surface area contributed by atoms with E-state index >= 15 is 0 Å². The maximum atomic E-state index is 12.8. The second-order valence-corrected chi connectivity index (χ2v) is 6.65. The zero-order valence-corrected chi connectivity index (χ0v) is 16.3. The van der Waals surface area contributed by atoms with Gasteiger partial charge in [0.2, 0.25) is 5.91 Å². The smallest absolute Gasteiger partial charge is 0.295 e. The van der Waals surface area contributed by atoms with Crippen molar-refractivity contribution in [1.82, 2.24) is 14.9 Å². The van der Waals surface area contributed by atoms with E-state index in [0.717, 1.165) is 0 Å². The number of imidazole rings is 1. The maximum absolute atomic E-state index is 12.8. The van der Waals surface area contributed by atoms with E-state index in [-0.39, 0.29) is 12.1 Å². The Morgan fingerprint density at radius 3 is 2.72 bits per heavy atom. The molecular weight excluding hydrogens is 406 g/mol. The maximum Gasteiger partial charge on any atom is 0.295 e. The molecule has 0 saturated carbocycles. The number of carbonyl (C=O) groups excluding carboxylic acids is 2. The first-order valence-electron chi connectivity index (χ1n) is 8.45. The molecule has 29 heavy (non-hydrogen) atoms. The second kappa shape index (κ2) is 8.44. The molecule has 0 atom stereocenters. The molecule has 0 aliphatic carbocycles. The van der Waals surface area contributed by atoms with Gasteiger partial charge in [-0.3, -0.25) is 9.59 Å². The van der Waals surface area contributed by atoms with Crippen molar-refractivity contribution in [3.05, 3.63) is 52.8 Å². The standard InChI is InChI=1S/C19H17ClF2N4O3/c1-26(9-16(27)23-14-8-11(20)4-6-15(14)29-2)19(28)10-3-5-12-13(7-10)25-18(24-12)17(21)22/h3-8,17H,9H2,1-2H3,(H,23,27)(H,24,25). The first kappa shape index (κ1) is 20.5. The predicted octanol–water partition coefficient (Wildman–Crippen LogP) is 3.87. The summed E-state index contributed by atoms with van der Waals surface area (Å²) < 4.78 is 30.7. The third-order valence-electron chi connectivity index (χ3n) is 4.12. The topological polar surface area (TPSA) is 87.3 Å². The van der Waals surface area contributed by atoms with Gasteiger partial charge >= 0.3 is 0 Å². The summed E-state index contributed by atoms with van der Waals surface area (Å²) >= 11 is 5.94. The summed E-state index contributed by atoms with van der Waals surface area (Å²) in [5.74, 6) is -0.943. The first-order valence-corrected chi connectivity index (χ1v) is 8.83. The fourth-order valence-corrected chi connectivity index (χ4v) is 2.91. The Balaban J connectivity index is 1.71. The molecule has 2 aromatic carbocycles. The Morgan fingerprint density at radius 1 is 1.28 bits per heavy atom. The number of ether oxygens (including phenoxy) is 1. The summed E-state index contributed by atoms with van der Waals surface area (Å²) in [5, 5.41) is 3.06. The van der Waals surface area contributed by atoms with E-state index in [1.165, 1.54) is 43.3 Å². The number of hydrogen-bond acceptors (Lipinski definition) is 4. The van der Waals surface area contributed by atoms with Crippen LogP contribution in [-0.4, -0.2) is 47.4 Å². The van der Waals surface area contributed by atoms with E-state index in [9.17, 15) is 18.4 Å². The number of H-pyrrole nitrogens is 1. The highest BCUT2D eigenvalue weighted by molar-refractivity contribution is 6.31. The van der Waals surface area contributed by atoms with Crippen LogP contribution in [0.15, 0.2) is 36.4 Å². The van der Waals surface area contributed by atoms with Crippen molar-refractivity contribution in [2.45, 2.75) is 6.43 Å². The Kier molecular flexibility index (Phi) is 5.97. The van der Waals surface area contributed by atoms with Gasteiger partial charge in [-0.25, -0.2) is 13.8 Å². The summed E-state index contributed by atoms with van der Waals surface area (Å²) in [4.78, 5) is 32.4. The van der Waals surface area contributed by atoms with Crippen molar-refractivity contribution in [2.75, 3.05) is 26.0 Å². The number of halogens is 3. The number of likely N-dealkylation sites (N-methyl/N-ethyl adjacent to an activating group) is 1. The number of rotatable bonds is 6. The van der Waals surface area contributed by atoms with Crippen LogP contribution in [0.5, 0.6) is 5.75 Å². The van der Waals surface area contributed by atoms with Gasteiger partial charge < -0.3 is 19.9 Å². The molecule has 0 spiro atoms. The molecule has 0 saturated heterocycles. The van der Waals surface area contributed by atoms with Gasteiger partial charge in [0.05, 0.1) is 30.4 Å². The van der Waals surface area contributed by atoms with Crippen LogP contribution in [0.1, 0.15) is 22.6 Å². The average molecular weight is 423 g/mol. The quantitative estimate of drug-likeness (QED) is 0.631. The van der Waals surface area contributed by atoms with E-state index in [0.29, 0.717) is 27.5 Å². The summed E-state index contributed by atoms with van der Waals surface area (Å²) in [6, 6.07) is 9.12. The van der Waals surface area contributed by atoms with Crippen molar-refractivity contribution < 1.29 is 23.1 Å². The van der Waals surface area contributed by atoms with Crippen molar-refractivity contribution >= 4 is 40.1 Å². The molecule has 7 nitrogen and oxygen atoms in total. The van der Waals surface area contributed by atoms with Crippen LogP contribution in [0.2, 0.25) is 5.02 Å². The van der Waals surface area contributed by atoms with Gasteiger partial charge in [0, 0.05) is 17.6 Å². The number of anilines is 1. The highest BCUT2D eigenvalue weighted by Crippen LogP contribution is 2.27. The normalized spacial score (nSPS) is 11.0. The highest BCUT2D eigenvalue weighted by atomic mass is 35.5. The van der Waals surface area contributed by atoms with Gasteiger partial charge in [-0.15, -0.1) is 0 Å². The lowest BCUT2D eigenvalue weighted by Crippen LogP contribution is -2.35. The Hall–Kier alpha value is -3.20. The van der Waals surface area contributed by atoms with Gasteiger partial charge in [-0.05, 0) is 36.4 Å². The monoisotopic (exact) mass is 422 g/mol. The lowest BCUT2D eigenvalue weighted by Gasteiger charge is -2.17. The van der Waals surface area contributed by atoms with E-state index in [1.54, 1.807) is 12.1 Å². The Bertz CT molecular complexity index is 1070. The number of benzene rings is 2. The van der Waals surface area contributed by atoms with Crippen molar-refractivity contribution in [1.29, 1.82) is 0 Å². The SMILES string of the molecule is COc1ccc(Cl)cc1NC(=O)CN(C)C(=O)c1ccc2nc(C(F)F)[nH]c2c1. The van der Waals surface area contributed by atoms with Gasteiger partial charge in [-0.1, -0.05) is 11.6 Å². The number of nitrogens with one attached hydrogen (secondary N) is 2. The number of nitrogens with zero attached hydrogens (tertiary/aromatic N) is 2. The molecule has 3 rings (SSSR count). The summed E-state index contributed by atoms with van der Waals surface area (Å²) in [7, 11) is 2.92. The molecule has 0 unspecified atom stereocenters. The van der Waals surface area contributed by atoms with Gasteiger partial charge in [0.25, 0.3) is 12.3 Å². The third kappa shape index (κ3) is 4.62. The number of aromatic amines is 1. The zero-order valence-electron chi connectivity index (χ0n) is 15.5. The van der Waals surface area contributed by atoms with Gasteiger partial charge in [-0.2, -0.15) is 0 Å². The van der Waals surface area contributed by atoms with Crippen LogP contribution < -0.4 is 10.1 Å². The van der Waals surface area contributed by atoms with Gasteiger partial charge in [0.15, 0.2) is 5.82 Å². The molecule has 2 N–H and O–H groups in total. The number of methoxy groups -OCH3 is 1. The number of amides is 2. The zero-order chi connectivity index (χ0) is 21.1. The first-order chi connectivity index (χ1) is 13.8. The third-order valence-corrected chi connectivity index (χ3v) is 4.35. The van der Waals surface area contributed by atoms with Crippen LogP contribution in [0.3, 0.4) is 0 Å². The van der Waals surface area contributed by atoms with E-state index < -0.39 is 24.1 Å². The van der Waals surface area contributed by atoms with E-state index in [1.807, 2.05) is 0 Å². The minimum atomic E-state index is -2.74. The minimum Gasteiger partial charge on any atom is -0.495 e. The molecule has 2 amide bonds. The fourth-order valence-electron chi connectivity index (χ4n) is 2.74. The van der Waals surface area contributed by atoms with Gasteiger partial charge in [0.1, 0.15) is 5.75 Å². The number of hydrogen-bond donors (Lipinski definition) is 2. The molecule has 10 heteroatoms. The lowest BCUT2D eigenvalue weighted by molar-refractivity contribution is -0.116. The lowest BCUT2D eigenvalue weighted by atomic mass is 10.2. The molecule has 0 aliphatic heterocycles. The van der Waals surface area contributed by atoms with Crippen LogP contribution in [0, 0.1) is 0 Å². The van der Waals surface area contributed by atoms with Crippen molar-refractivity contribution in [3.8, 4) is 5.75 Å². The molecule has 0 aliphatic rings. The second-order valence-electron chi connectivity index (χ2n) is 6.21. The van der Waals surface area contributed by atoms with E-state index in [4.69, 9.17) is 16.3 Å². The van der Waals surface area contributed by atoms with Crippen LogP contribution in [0.25, 0.3) is 11.0 Å². The number of aromatic nitrogens is 2. The number of alkyl halides is 2. The number of fused-ring (bicyclic) bond motifs is 1. The van der Waals surface area contributed by atoms with Crippen LogP contribution in [-0.2, 0) is 4.79 Å². The molecule has 3 aromatic rings. The fraction of sp³-hybridized carbons (Fsp3) is 0.211. The van der Waals surface area contributed by atoms with Crippen LogP contribution in [0.4, 0.5) is 14.5 Å². The van der Waals surface area contributed by atoms with Crippen molar-refractivity contribution in [3.63, 3.8) is 0 Å². The largest absolute Gasteiger partial charge is 0.495 e. The Labute approximate surface area is 169 Å². The summed E-state index contributed by atoms with van der Waals surface area (Å²) in [5.41, 5.74) is 1.25. The van der Waals surface area contributed by atoms with Crippen LogP contribution >= 0.6 is 11.6 Å². The molecule has 0 fully saturated rings. The summed E-state index contributed by atoms with van der Waals surface area (Å²) in [6.07, 6.45) is -2.74. The summed E-state index contributed by atoms with van der Waals surface area (Å²) in [6.45, 7) is -0.238. The highest BCUT2D eigenvalue weighted by Gasteiger charge is 2.18. The molecule has 1 aromatic heterocycles. The van der Waals surface area contributed by atoms with E-state index in [2.05, 4.69) is 15.3 Å². The predicted molar refractivity (Wildman–Crippen MR) is 105 cm³/mol. The average Bonchev–Trinajstić information content (AvgIpc) is 3.11. The molecule has 152 valence electrons. The molecule has 1 heterocycles. The Morgan fingerprint density at radius 2 is 2.03 bits per heavy atom. The number of carbonyl (C=O) groups is 2. The molecular formula is C19H17ClF2N4O3. The molecule has 0 bridgehead atoms.